The van der Waals surface area contributed by atoms with Crippen LogP contribution in [0.25, 0.3) is 0 Å². The SMILES string of the molecule is CCCNC(c1ccc(COC)o1)C(F)(F)C(F)(F)F. The highest BCUT2D eigenvalue weighted by atomic mass is 19.4. The number of rotatable bonds is 7. The van der Waals surface area contributed by atoms with Crippen molar-refractivity contribution in [2.24, 2.45) is 0 Å². The molecule has 0 aliphatic rings. The van der Waals surface area contributed by atoms with Gasteiger partial charge >= 0.3 is 12.1 Å². The van der Waals surface area contributed by atoms with Gasteiger partial charge in [-0.3, -0.25) is 0 Å². The van der Waals surface area contributed by atoms with Crippen molar-refractivity contribution in [1.82, 2.24) is 5.32 Å². The number of halogens is 5. The van der Waals surface area contributed by atoms with Gasteiger partial charge in [0.15, 0.2) is 0 Å². The van der Waals surface area contributed by atoms with Crippen molar-refractivity contribution < 1.29 is 31.1 Å². The lowest BCUT2D eigenvalue weighted by atomic mass is 10.1. The maximum atomic E-state index is 13.5. The molecule has 1 rings (SSSR count). The monoisotopic (exact) mass is 301 g/mol. The Bertz CT molecular complexity index is 416. The number of ether oxygens (including phenoxy) is 1. The van der Waals surface area contributed by atoms with Crippen LogP contribution in [-0.4, -0.2) is 25.8 Å². The summed E-state index contributed by atoms with van der Waals surface area (Å²) in [5.41, 5.74) is 0. The molecule has 0 bridgehead atoms. The molecule has 116 valence electrons. The quantitative estimate of drug-likeness (QED) is 0.780. The second-order valence-corrected chi connectivity index (χ2v) is 4.24. The zero-order valence-corrected chi connectivity index (χ0v) is 11.1. The third-order valence-electron chi connectivity index (χ3n) is 2.59. The fourth-order valence-electron chi connectivity index (χ4n) is 1.63. The molecule has 0 radical (unpaired) electrons. The van der Waals surface area contributed by atoms with Crippen LogP contribution >= 0.6 is 0 Å². The summed E-state index contributed by atoms with van der Waals surface area (Å²) in [6, 6.07) is 0.154. The number of hydrogen-bond donors (Lipinski definition) is 1. The molecule has 3 nitrogen and oxygen atoms in total. The van der Waals surface area contributed by atoms with Crippen LogP contribution < -0.4 is 5.32 Å². The third-order valence-corrected chi connectivity index (χ3v) is 2.59. The van der Waals surface area contributed by atoms with E-state index in [-0.39, 0.29) is 18.9 Å². The summed E-state index contributed by atoms with van der Waals surface area (Å²) in [4.78, 5) is 0. The van der Waals surface area contributed by atoms with Crippen LogP contribution in [-0.2, 0) is 11.3 Å². The highest BCUT2D eigenvalue weighted by Gasteiger charge is 2.63. The molecule has 20 heavy (non-hydrogen) atoms. The van der Waals surface area contributed by atoms with Crippen LogP contribution in [0.1, 0.15) is 30.9 Å². The highest BCUT2D eigenvalue weighted by Crippen LogP contribution is 2.44. The van der Waals surface area contributed by atoms with Crippen molar-refractivity contribution >= 4 is 0 Å². The van der Waals surface area contributed by atoms with Crippen molar-refractivity contribution in [3.05, 3.63) is 23.7 Å². The molecular formula is C12H16F5NO2. The van der Waals surface area contributed by atoms with Gasteiger partial charge in [-0.05, 0) is 25.1 Å². The fraction of sp³-hybridized carbons (Fsp3) is 0.667. The van der Waals surface area contributed by atoms with E-state index < -0.39 is 23.9 Å². The molecule has 1 atom stereocenters. The molecule has 0 amide bonds. The standard InChI is InChI=1S/C12H16F5NO2/c1-3-6-18-10(11(13,14)12(15,16)17)9-5-4-8(20-9)7-19-2/h4-5,10,18H,3,6-7H2,1-2H3. The molecule has 1 heterocycles. The van der Waals surface area contributed by atoms with Gasteiger partial charge < -0.3 is 14.5 Å². The zero-order valence-electron chi connectivity index (χ0n) is 11.1. The van der Waals surface area contributed by atoms with Gasteiger partial charge in [-0.2, -0.15) is 22.0 Å². The molecule has 1 N–H and O–H groups in total. The smallest absolute Gasteiger partial charge is 0.455 e. The molecule has 0 aliphatic carbocycles. The van der Waals surface area contributed by atoms with E-state index >= 15 is 0 Å². The van der Waals surface area contributed by atoms with Crippen LogP contribution in [0.2, 0.25) is 0 Å². The number of methoxy groups -OCH3 is 1. The number of alkyl halides is 5. The summed E-state index contributed by atoms with van der Waals surface area (Å²) in [5.74, 6) is -5.21. The molecule has 1 unspecified atom stereocenters. The Morgan fingerprint density at radius 1 is 1.25 bits per heavy atom. The van der Waals surface area contributed by atoms with Gasteiger partial charge in [0, 0.05) is 7.11 Å². The van der Waals surface area contributed by atoms with E-state index in [2.05, 4.69) is 5.32 Å². The lowest BCUT2D eigenvalue weighted by Crippen LogP contribution is -2.48. The molecule has 0 fully saturated rings. The van der Waals surface area contributed by atoms with Crippen LogP contribution in [0.5, 0.6) is 0 Å². The Labute approximate surface area is 113 Å². The van der Waals surface area contributed by atoms with Crippen LogP contribution in [0.15, 0.2) is 16.5 Å². The van der Waals surface area contributed by atoms with Gasteiger partial charge in [0.1, 0.15) is 24.2 Å². The van der Waals surface area contributed by atoms with Crippen molar-refractivity contribution in [1.29, 1.82) is 0 Å². The van der Waals surface area contributed by atoms with Crippen molar-refractivity contribution in [3.63, 3.8) is 0 Å². The van der Waals surface area contributed by atoms with E-state index in [0.29, 0.717) is 6.42 Å². The Kier molecular flexibility index (Phi) is 5.52. The van der Waals surface area contributed by atoms with E-state index in [9.17, 15) is 22.0 Å². The first kappa shape index (κ1) is 16.9. The predicted octanol–water partition coefficient (Wildman–Crippen LogP) is 3.66. The van der Waals surface area contributed by atoms with Gasteiger partial charge in [-0.15, -0.1) is 0 Å². The van der Waals surface area contributed by atoms with E-state index in [0.717, 1.165) is 6.07 Å². The van der Waals surface area contributed by atoms with E-state index in [1.54, 1.807) is 6.92 Å². The minimum atomic E-state index is -5.66. The number of hydrogen-bond acceptors (Lipinski definition) is 3. The molecule has 0 saturated carbocycles. The Morgan fingerprint density at radius 2 is 1.90 bits per heavy atom. The molecule has 1 aromatic heterocycles. The third kappa shape index (κ3) is 3.69. The number of nitrogens with one attached hydrogen (secondary N) is 1. The van der Waals surface area contributed by atoms with Crippen molar-refractivity contribution in [2.75, 3.05) is 13.7 Å². The molecule has 0 spiro atoms. The molecule has 0 aromatic carbocycles. The van der Waals surface area contributed by atoms with E-state index in [4.69, 9.17) is 9.15 Å². The van der Waals surface area contributed by atoms with E-state index in [1.807, 2.05) is 0 Å². The molecule has 8 heteroatoms. The second kappa shape index (κ2) is 6.53. The predicted molar refractivity (Wildman–Crippen MR) is 61.5 cm³/mol. The first-order valence-corrected chi connectivity index (χ1v) is 5.99. The summed E-state index contributed by atoms with van der Waals surface area (Å²) < 4.78 is 74.3. The first-order valence-electron chi connectivity index (χ1n) is 5.99. The topological polar surface area (TPSA) is 34.4 Å². The average molecular weight is 301 g/mol. The van der Waals surface area contributed by atoms with Crippen molar-refractivity contribution in [3.8, 4) is 0 Å². The van der Waals surface area contributed by atoms with Gasteiger partial charge in [-0.1, -0.05) is 6.92 Å². The van der Waals surface area contributed by atoms with Gasteiger partial charge in [-0.25, -0.2) is 0 Å². The second-order valence-electron chi connectivity index (χ2n) is 4.24. The minimum Gasteiger partial charge on any atom is -0.462 e. The maximum Gasteiger partial charge on any atom is 0.455 e. The van der Waals surface area contributed by atoms with E-state index in [1.165, 1.54) is 13.2 Å². The summed E-state index contributed by atoms with van der Waals surface area (Å²) >= 11 is 0. The summed E-state index contributed by atoms with van der Waals surface area (Å²) in [6.45, 7) is 1.67. The van der Waals surface area contributed by atoms with Crippen LogP contribution in [0.4, 0.5) is 22.0 Å². The summed E-state index contributed by atoms with van der Waals surface area (Å²) in [7, 11) is 1.36. The summed E-state index contributed by atoms with van der Waals surface area (Å²) in [6.07, 6.45) is -5.25. The lowest BCUT2D eigenvalue weighted by Gasteiger charge is -2.28. The van der Waals surface area contributed by atoms with Crippen molar-refractivity contribution in [2.45, 2.75) is 38.1 Å². The molecule has 1 aromatic rings. The fourth-order valence-corrected chi connectivity index (χ4v) is 1.63. The molecular weight excluding hydrogens is 285 g/mol. The zero-order chi connectivity index (χ0) is 15.4. The van der Waals surface area contributed by atoms with Gasteiger partial charge in [0.25, 0.3) is 0 Å². The van der Waals surface area contributed by atoms with Crippen LogP contribution in [0.3, 0.4) is 0 Å². The Hall–Kier alpha value is -1.15. The van der Waals surface area contributed by atoms with Gasteiger partial charge in [0.05, 0.1) is 0 Å². The number of furan rings is 1. The minimum absolute atomic E-state index is 0.00190. The normalized spacial score (nSPS) is 14.6. The first-order chi connectivity index (χ1) is 9.24. The van der Waals surface area contributed by atoms with Gasteiger partial charge in [0.2, 0.25) is 0 Å². The molecule has 0 aliphatic heterocycles. The van der Waals surface area contributed by atoms with Crippen LogP contribution in [0, 0.1) is 0 Å². The largest absolute Gasteiger partial charge is 0.462 e. The highest BCUT2D eigenvalue weighted by molar-refractivity contribution is 5.14. The summed E-state index contributed by atoms with van der Waals surface area (Å²) in [5, 5.41) is 2.18. The Balaban J connectivity index is 3.04. The Morgan fingerprint density at radius 3 is 2.40 bits per heavy atom. The molecule has 0 saturated heterocycles. The lowest BCUT2D eigenvalue weighted by molar-refractivity contribution is -0.295. The maximum absolute atomic E-state index is 13.5. The average Bonchev–Trinajstić information content (AvgIpc) is 2.77.